The lowest BCUT2D eigenvalue weighted by atomic mass is 10.1. The molecule has 0 spiro atoms. The molecule has 0 unspecified atom stereocenters. The average Bonchev–Trinajstić information content (AvgIpc) is 2.65. The van der Waals surface area contributed by atoms with Crippen LogP contribution in [0.15, 0.2) is 30.3 Å². The van der Waals surface area contributed by atoms with Gasteiger partial charge in [0.25, 0.3) is 0 Å². The van der Waals surface area contributed by atoms with Gasteiger partial charge in [-0.1, -0.05) is 30.3 Å². The molecule has 9 nitrogen and oxygen atoms in total. The summed E-state index contributed by atoms with van der Waals surface area (Å²) >= 11 is 0. The Morgan fingerprint density at radius 2 is 1.59 bits per heavy atom. The number of carbonyl (C=O) groups is 4. The Labute approximate surface area is 170 Å². The molecule has 0 saturated carbocycles. The standard InChI is InChI=1S/C20H28N2O7/c1-20(2,3)29-19(26)21-15(11-16(23)27-4)18(25)22(13-17(24)28-5)12-14-9-7-6-8-10-14/h6-10,15H,11-13H2,1-5H3,(H,21,26)/t15-/m0/s1. The average molecular weight is 408 g/mol. The molecule has 0 aliphatic rings. The van der Waals surface area contributed by atoms with Crippen LogP contribution in [0.4, 0.5) is 4.79 Å². The van der Waals surface area contributed by atoms with Crippen molar-refractivity contribution >= 4 is 23.9 Å². The molecule has 1 aromatic rings. The summed E-state index contributed by atoms with van der Waals surface area (Å²) in [6, 6.07) is 7.70. The molecule has 2 amide bonds. The number of methoxy groups -OCH3 is 2. The van der Waals surface area contributed by atoms with Gasteiger partial charge in [-0.3, -0.25) is 14.4 Å². The van der Waals surface area contributed by atoms with Crippen LogP contribution in [0.25, 0.3) is 0 Å². The Morgan fingerprint density at radius 3 is 2.10 bits per heavy atom. The van der Waals surface area contributed by atoms with E-state index in [4.69, 9.17) is 4.74 Å². The van der Waals surface area contributed by atoms with Crippen LogP contribution in [0.5, 0.6) is 0 Å². The predicted octanol–water partition coefficient (Wildman–Crippen LogP) is 1.64. The van der Waals surface area contributed by atoms with Crippen molar-refractivity contribution in [2.45, 2.75) is 45.4 Å². The van der Waals surface area contributed by atoms with Crippen LogP contribution in [-0.2, 0) is 35.1 Å². The Morgan fingerprint density at radius 1 is 1.00 bits per heavy atom. The molecule has 9 heteroatoms. The van der Waals surface area contributed by atoms with Gasteiger partial charge in [-0.2, -0.15) is 0 Å². The number of nitrogens with one attached hydrogen (secondary N) is 1. The van der Waals surface area contributed by atoms with Gasteiger partial charge in [0, 0.05) is 6.54 Å². The van der Waals surface area contributed by atoms with E-state index in [1.807, 2.05) is 6.07 Å². The predicted molar refractivity (Wildman–Crippen MR) is 104 cm³/mol. The van der Waals surface area contributed by atoms with Gasteiger partial charge in [0.05, 0.1) is 20.6 Å². The summed E-state index contributed by atoms with van der Waals surface area (Å²) in [5.74, 6) is -1.98. The number of alkyl carbamates (subject to hydrolysis) is 1. The van der Waals surface area contributed by atoms with Crippen molar-refractivity contribution in [3.63, 3.8) is 0 Å². The number of benzene rings is 1. The van der Waals surface area contributed by atoms with Crippen molar-refractivity contribution in [1.29, 1.82) is 0 Å². The van der Waals surface area contributed by atoms with Crippen LogP contribution < -0.4 is 5.32 Å². The zero-order chi connectivity index (χ0) is 22.0. The van der Waals surface area contributed by atoms with Crippen molar-refractivity contribution in [2.24, 2.45) is 0 Å². The van der Waals surface area contributed by atoms with Crippen molar-refractivity contribution in [3.05, 3.63) is 35.9 Å². The fraction of sp³-hybridized carbons (Fsp3) is 0.500. The lowest BCUT2D eigenvalue weighted by Crippen LogP contribution is -2.51. The summed E-state index contributed by atoms with van der Waals surface area (Å²) < 4.78 is 14.5. The zero-order valence-electron chi connectivity index (χ0n) is 17.4. The van der Waals surface area contributed by atoms with Gasteiger partial charge in [-0.25, -0.2) is 4.79 Å². The van der Waals surface area contributed by atoms with Gasteiger partial charge in [0.15, 0.2) is 0 Å². The Kier molecular flexibility index (Phi) is 9.11. The lowest BCUT2D eigenvalue weighted by molar-refractivity contribution is -0.149. The highest BCUT2D eigenvalue weighted by molar-refractivity contribution is 5.91. The number of rotatable bonds is 8. The fourth-order valence-corrected chi connectivity index (χ4v) is 2.36. The molecule has 0 radical (unpaired) electrons. The lowest BCUT2D eigenvalue weighted by Gasteiger charge is -2.28. The van der Waals surface area contributed by atoms with Gasteiger partial charge >= 0.3 is 18.0 Å². The zero-order valence-corrected chi connectivity index (χ0v) is 17.4. The highest BCUT2D eigenvalue weighted by atomic mass is 16.6. The smallest absolute Gasteiger partial charge is 0.408 e. The molecule has 0 saturated heterocycles. The molecule has 29 heavy (non-hydrogen) atoms. The van der Waals surface area contributed by atoms with Gasteiger partial charge < -0.3 is 24.4 Å². The van der Waals surface area contributed by atoms with E-state index in [9.17, 15) is 19.2 Å². The number of amides is 2. The highest BCUT2D eigenvalue weighted by Gasteiger charge is 2.31. The van der Waals surface area contributed by atoms with Crippen molar-refractivity contribution in [1.82, 2.24) is 10.2 Å². The number of esters is 2. The normalized spacial score (nSPS) is 11.8. The first-order valence-corrected chi connectivity index (χ1v) is 9.01. The van der Waals surface area contributed by atoms with Gasteiger partial charge in [-0.05, 0) is 26.3 Å². The van der Waals surface area contributed by atoms with Gasteiger partial charge in [-0.15, -0.1) is 0 Å². The third-order valence-electron chi connectivity index (χ3n) is 3.66. The second-order valence-corrected chi connectivity index (χ2v) is 7.24. The second-order valence-electron chi connectivity index (χ2n) is 7.24. The first-order chi connectivity index (χ1) is 13.6. The van der Waals surface area contributed by atoms with Crippen molar-refractivity contribution in [3.8, 4) is 0 Å². The van der Waals surface area contributed by atoms with Crippen molar-refractivity contribution in [2.75, 3.05) is 20.8 Å². The Hall–Kier alpha value is -3.10. The van der Waals surface area contributed by atoms with E-state index in [-0.39, 0.29) is 13.1 Å². The molecule has 0 aliphatic heterocycles. The summed E-state index contributed by atoms with van der Waals surface area (Å²) in [7, 11) is 2.38. The highest BCUT2D eigenvalue weighted by Crippen LogP contribution is 2.11. The number of carbonyl (C=O) groups excluding carboxylic acids is 4. The Bertz CT molecular complexity index is 713. The molecular weight excluding hydrogens is 380 g/mol. The van der Waals surface area contributed by atoms with Crippen LogP contribution in [0.2, 0.25) is 0 Å². The maximum Gasteiger partial charge on any atom is 0.408 e. The van der Waals surface area contributed by atoms with E-state index in [0.717, 1.165) is 5.56 Å². The molecule has 0 fully saturated rings. The second kappa shape index (κ2) is 11.0. The van der Waals surface area contributed by atoms with Gasteiger partial charge in [0.1, 0.15) is 18.2 Å². The first-order valence-electron chi connectivity index (χ1n) is 9.01. The minimum Gasteiger partial charge on any atom is -0.469 e. The molecule has 1 atom stereocenters. The quantitative estimate of drug-likeness (QED) is 0.514. The summed E-state index contributed by atoms with van der Waals surface area (Å²) in [5.41, 5.74) is -0.0302. The van der Waals surface area contributed by atoms with Crippen molar-refractivity contribution < 1.29 is 33.4 Å². The molecule has 0 heterocycles. The maximum atomic E-state index is 13.1. The van der Waals surface area contributed by atoms with Crippen LogP contribution in [0.3, 0.4) is 0 Å². The molecule has 1 aromatic carbocycles. The minimum absolute atomic E-state index is 0.0858. The van der Waals surface area contributed by atoms with E-state index in [1.165, 1.54) is 19.1 Å². The topological polar surface area (TPSA) is 111 Å². The van der Waals surface area contributed by atoms with Crippen LogP contribution >= 0.6 is 0 Å². The molecule has 0 bridgehead atoms. The minimum atomic E-state index is -1.27. The van der Waals surface area contributed by atoms with E-state index in [2.05, 4.69) is 14.8 Å². The fourth-order valence-electron chi connectivity index (χ4n) is 2.36. The summed E-state index contributed by atoms with van der Waals surface area (Å²) in [6.07, 6.45) is -1.28. The molecular formula is C20H28N2O7. The summed E-state index contributed by atoms with van der Waals surface area (Å²) in [4.78, 5) is 50.0. The van der Waals surface area contributed by atoms with Gasteiger partial charge in [0.2, 0.25) is 5.91 Å². The van der Waals surface area contributed by atoms with E-state index < -0.39 is 42.0 Å². The number of ether oxygens (including phenoxy) is 3. The maximum absolute atomic E-state index is 13.1. The number of hydrogen-bond acceptors (Lipinski definition) is 7. The molecule has 1 rings (SSSR count). The third kappa shape index (κ3) is 9.09. The van der Waals surface area contributed by atoms with E-state index >= 15 is 0 Å². The van der Waals surface area contributed by atoms with Crippen LogP contribution in [0, 0.1) is 0 Å². The molecule has 0 aliphatic carbocycles. The number of nitrogens with zero attached hydrogens (tertiary/aromatic N) is 1. The SMILES string of the molecule is COC(=O)C[C@H](NC(=O)OC(C)(C)C)C(=O)N(CC(=O)OC)Cc1ccccc1. The summed E-state index contributed by atoms with van der Waals surface area (Å²) in [5, 5.41) is 2.39. The summed E-state index contributed by atoms with van der Waals surface area (Å²) in [6.45, 7) is 4.74. The van der Waals surface area contributed by atoms with Crippen LogP contribution in [-0.4, -0.2) is 61.2 Å². The van der Waals surface area contributed by atoms with E-state index in [0.29, 0.717) is 0 Å². The Balaban J connectivity index is 3.07. The monoisotopic (exact) mass is 408 g/mol. The number of hydrogen-bond donors (Lipinski definition) is 1. The van der Waals surface area contributed by atoms with Crippen LogP contribution in [0.1, 0.15) is 32.8 Å². The first kappa shape index (κ1) is 23.9. The molecule has 0 aromatic heterocycles. The largest absolute Gasteiger partial charge is 0.469 e. The van der Waals surface area contributed by atoms with E-state index in [1.54, 1.807) is 45.0 Å². The molecule has 1 N–H and O–H groups in total. The third-order valence-corrected chi connectivity index (χ3v) is 3.66. The molecule has 160 valence electrons.